The molecule has 4 heteroatoms. The van der Waals surface area contributed by atoms with Gasteiger partial charge in [0.15, 0.2) is 5.82 Å². The highest BCUT2D eigenvalue weighted by Gasteiger charge is 2.38. The second kappa shape index (κ2) is 3.84. The van der Waals surface area contributed by atoms with E-state index in [9.17, 15) is 0 Å². The molecule has 1 saturated carbocycles. The molecule has 1 aromatic rings. The second-order valence-corrected chi connectivity index (χ2v) is 5.11. The van der Waals surface area contributed by atoms with Crippen molar-refractivity contribution in [3.8, 4) is 0 Å². The first kappa shape index (κ1) is 10.3. The Morgan fingerprint density at radius 2 is 2.12 bits per heavy atom. The first-order valence-electron chi connectivity index (χ1n) is 6.39. The lowest BCUT2D eigenvalue weighted by molar-refractivity contribution is 0.269. The summed E-state index contributed by atoms with van der Waals surface area (Å²) in [6, 6.07) is 0. The van der Waals surface area contributed by atoms with Gasteiger partial charge in [0.05, 0.1) is 0 Å². The predicted octanol–water partition coefficient (Wildman–Crippen LogP) is 1.98. The Morgan fingerprint density at radius 1 is 1.38 bits per heavy atom. The van der Waals surface area contributed by atoms with Crippen LogP contribution < -0.4 is 5.32 Å². The number of rotatable bonds is 3. The van der Waals surface area contributed by atoms with Crippen LogP contribution in [0.15, 0.2) is 4.52 Å². The van der Waals surface area contributed by atoms with Gasteiger partial charge in [0.1, 0.15) is 0 Å². The molecule has 0 bridgehead atoms. The minimum Gasteiger partial charge on any atom is -0.339 e. The Morgan fingerprint density at radius 3 is 2.75 bits per heavy atom. The van der Waals surface area contributed by atoms with Crippen molar-refractivity contribution < 1.29 is 4.52 Å². The SMILES string of the molecule is CCC1(c2noc(C3CC3)n2)CCNCC1. The molecule has 2 fully saturated rings. The van der Waals surface area contributed by atoms with Crippen LogP contribution in [0.25, 0.3) is 0 Å². The van der Waals surface area contributed by atoms with E-state index in [0.29, 0.717) is 5.92 Å². The van der Waals surface area contributed by atoms with E-state index in [1.807, 2.05) is 0 Å². The monoisotopic (exact) mass is 221 g/mol. The summed E-state index contributed by atoms with van der Waals surface area (Å²) in [5.74, 6) is 2.40. The lowest BCUT2D eigenvalue weighted by atomic mass is 9.76. The quantitative estimate of drug-likeness (QED) is 0.848. The highest BCUT2D eigenvalue weighted by atomic mass is 16.5. The number of hydrogen-bond donors (Lipinski definition) is 1. The molecule has 4 nitrogen and oxygen atoms in total. The normalized spacial score (nSPS) is 24.6. The molecule has 1 aromatic heterocycles. The molecule has 0 amide bonds. The maximum Gasteiger partial charge on any atom is 0.229 e. The standard InChI is InChI=1S/C12H19N3O/c1-2-12(5-7-13-8-6-12)11-14-10(16-15-11)9-3-4-9/h9,13H,2-8H2,1H3. The average molecular weight is 221 g/mol. The molecular formula is C12H19N3O. The lowest BCUT2D eigenvalue weighted by Gasteiger charge is -2.33. The van der Waals surface area contributed by atoms with Crippen molar-refractivity contribution in [1.82, 2.24) is 15.5 Å². The van der Waals surface area contributed by atoms with Crippen LogP contribution in [-0.2, 0) is 5.41 Å². The van der Waals surface area contributed by atoms with Crippen molar-refractivity contribution in [2.24, 2.45) is 0 Å². The van der Waals surface area contributed by atoms with Gasteiger partial charge in [-0.05, 0) is 45.2 Å². The van der Waals surface area contributed by atoms with Crippen LogP contribution in [0.1, 0.15) is 56.7 Å². The van der Waals surface area contributed by atoms with Gasteiger partial charge in [-0.15, -0.1) is 0 Å². The number of hydrogen-bond acceptors (Lipinski definition) is 4. The third-order valence-corrected chi connectivity index (χ3v) is 4.08. The predicted molar refractivity (Wildman–Crippen MR) is 60.3 cm³/mol. The summed E-state index contributed by atoms with van der Waals surface area (Å²) in [5.41, 5.74) is 0.169. The smallest absolute Gasteiger partial charge is 0.229 e. The molecule has 2 aliphatic rings. The molecule has 88 valence electrons. The molecule has 0 aromatic carbocycles. The van der Waals surface area contributed by atoms with Crippen LogP contribution in [0.5, 0.6) is 0 Å². The van der Waals surface area contributed by atoms with Crippen LogP contribution in [0.4, 0.5) is 0 Å². The van der Waals surface area contributed by atoms with Crippen molar-refractivity contribution in [3.05, 3.63) is 11.7 Å². The van der Waals surface area contributed by atoms with Gasteiger partial charge >= 0.3 is 0 Å². The van der Waals surface area contributed by atoms with E-state index < -0.39 is 0 Å². The Bertz CT molecular complexity index is 364. The van der Waals surface area contributed by atoms with Gasteiger partial charge in [0.25, 0.3) is 0 Å². The largest absolute Gasteiger partial charge is 0.339 e. The van der Waals surface area contributed by atoms with Gasteiger partial charge < -0.3 is 9.84 Å². The summed E-state index contributed by atoms with van der Waals surface area (Å²) in [4.78, 5) is 4.63. The molecule has 3 rings (SSSR count). The van der Waals surface area contributed by atoms with Gasteiger partial charge in [-0.2, -0.15) is 4.98 Å². The third kappa shape index (κ3) is 1.65. The maximum atomic E-state index is 5.39. The molecule has 1 aliphatic carbocycles. The first-order valence-corrected chi connectivity index (χ1v) is 6.39. The number of aromatic nitrogens is 2. The van der Waals surface area contributed by atoms with E-state index in [1.165, 1.54) is 12.8 Å². The summed E-state index contributed by atoms with van der Waals surface area (Å²) < 4.78 is 5.39. The van der Waals surface area contributed by atoms with E-state index in [1.54, 1.807) is 0 Å². The molecule has 16 heavy (non-hydrogen) atoms. The molecule has 0 radical (unpaired) electrons. The second-order valence-electron chi connectivity index (χ2n) is 5.11. The fourth-order valence-electron chi connectivity index (χ4n) is 2.59. The molecule has 0 unspecified atom stereocenters. The topological polar surface area (TPSA) is 51.0 Å². The Hall–Kier alpha value is -0.900. The summed E-state index contributed by atoms with van der Waals surface area (Å²) in [5, 5.41) is 7.63. The summed E-state index contributed by atoms with van der Waals surface area (Å²) in [6.45, 7) is 4.38. The van der Waals surface area contributed by atoms with E-state index in [2.05, 4.69) is 22.4 Å². The van der Waals surface area contributed by atoms with Gasteiger partial charge in [-0.3, -0.25) is 0 Å². The molecule has 2 heterocycles. The highest BCUT2D eigenvalue weighted by molar-refractivity contribution is 5.11. The van der Waals surface area contributed by atoms with E-state index in [4.69, 9.17) is 4.52 Å². The van der Waals surface area contributed by atoms with Crippen LogP contribution in [0, 0.1) is 0 Å². The molecule has 0 atom stereocenters. The minimum absolute atomic E-state index is 0.169. The lowest BCUT2D eigenvalue weighted by Crippen LogP contribution is -2.40. The molecule has 1 N–H and O–H groups in total. The van der Waals surface area contributed by atoms with Gasteiger partial charge in [-0.1, -0.05) is 12.1 Å². The summed E-state index contributed by atoms with van der Waals surface area (Å²) in [6.07, 6.45) is 5.82. The molecule has 1 saturated heterocycles. The van der Waals surface area contributed by atoms with Crippen molar-refractivity contribution >= 4 is 0 Å². The van der Waals surface area contributed by atoms with Crippen LogP contribution in [-0.4, -0.2) is 23.2 Å². The van der Waals surface area contributed by atoms with Gasteiger partial charge in [0, 0.05) is 11.3 Å². The fourth-order valence-corrected chi connectivity index (χ4v) is 2.59. The van der Waals surface area contributed by atoms with E-state index in [-0.39, 0.29) is 5.41 Å². The van der Waals surface area contributed by atoms with Crippen molar-refractivity contribution in [1.29, 1.82) is 0 Å². The van der Waals surface area contributed by atoms with Crippen molar-refractivity contribution in [3.63, 3.8) is 0 Å². The summed E-state index contributed by atoms with van der Waals surface area (Å²) in [7, 11) is 0. The maximum absolute atomic E-state index is 5.39. The Kier molecular flexibility index (Phi) is 2.46. The first-order chi connectivity index (χ1) is 7.84. The number of nitrogens with one attached hydrogen (secondary N) is 1. The Balaban J connectivity index is 1.86. The number of nitrogens with zero attached hydrogens (tertiary/aromatic N) is 2. The van der Waals surface area contributed by atoms with Crippen molar-refractivity contribution in [2.75, 3.05) is 13.1 Å². The third-order valence-electron chi connectivity index (χ3n) is 4.08. The van der Waals surface area contributed by atoms with Crippen LogP contribution >= 0.6 is 0 Å². The van der Waals surface area contributed by atoms with Crippen molar-refractivity contribution in [2.45, 2.75) is 50.4 Å². The summed E-state index contributed by atoms with van der Waals surface area (Å²) >= 11 is 0. The minimum atomic E-state index is 0.169. The average Bonchev–Trinajstić information content (AvgIpc) is 3.08. The molecule has 1 aliphatic heterocycles. The van der Waals surface area contributed by atoms with E-state index in [0.717, 1.165) is 44.1 Å². The van der Waals surface area contributed by atoms with E-state index >= 15 is 0 Å². The fraction of sp³-hybridized carbons (Fsp3) is 0.833. The number of piperidine rings is 1. The van der Waals surface area contributed by atoms with Gasteiger partial charge in [-0.25, -0.2) is 0 Å². The Labute approximate surface area is 95.8 Å². The molecule has 0 spiro atoms. The van der Waals surface area contributed by atoms with Crippen LogP contribution in [0.3, 0.4) is 0 Å². The van der Waals surface area contributed by atoms with Gasteiger partial charge in [0.2, 0.25) is 5.89 Å². The van der Waals surface area contributed by atoms with Crippen LogP contribution in [0.2, 0.25) is 0 Å². The zero-order chi connectivity index (χ0) is 11.0. The molecular weight excluding hydrogens is 202 g/mol. The highest BCUT2D eigenvalue weighted by Crippen LogP contribution is 2.41. The zero-order valence-corrected chi connectivity index (χ0v) is 9.83. The zero-order valence-electron chi connectivity index (χ0n) is 9.83.